The molecule has 0 aliphatic carbocycles. The van der Waals surface area contributed by atoms with Crippen molar-refractivity contribution in [1.82, 2.24) is 10.3 Å². The van der Waals surface area contributed by atoms with E-state index in [-0.39, 0.29) is 0 Å². The predicted octanol–water partition coefficient (Wildman–Crippen LogP) is 4.52. The summed E-state index contributed by atoms with van der Waals surface area (Å²) < 4.78 is 5.15. The van der Waals surface area contributed by atoms with Gasteiger partial charge in [-0.1, -0.05) is 6.07 Å². The Hall–Kier alpha value is -3.37. The average molecular weight is 420 g/mol. The van der Waals surface area contributed by atoms with Crippen molar-refractivity contribution < 1.29 is 4.74 Å². The van der Waals surface area contributed by atoms with Gasteiger partial charge in [-0.2, -0.15) is 5.26 Å². The number of thiocarbonyl (C=S) groups is 1. The number of benzene rings is 2. The molecular formula is C23H25N5OS. The van der Waals surface area contributed by atoms with Crippen LogP contribution < -0.4 is 20.7 Å². The van der Waals surface area contributed by atoms with Crippen molar-refractivity contribution in [2.24, 2.45) is 0 Å². The molecule has 0 aliphatic rings. The third-order valence-electron chi connectivity index (χ3n) is 4.69. The van der Waals surface area contributed by atoms with Crippen LogP contribution in [0, 0.1) is 25.2 Å². The number of ether oxygens (including phenoxy) is 1. The number of pyridine rings is 1. The summed E-state index contributed by atoms with van der Waals surface area (Å²) in [5.41, 5.74) is 4.64. The standard InChI is InChI=1S/C23H25N5OS/c1-15-11-16(2)20-13-17(14-24)22(28-21(20)12-15)25-9-4-10-26-23(30)27-18-5-7-19(29-3)8-6-18/h5-8,11-13H,4,9-10H2,1-3H3,(H,25,28)(H2,26,27,30). The summed E-state index contributed by atoms with van der Waals surface area (Å²) in [6.45, 7) is 5.46. The van der Waals surface area contributed by atoms with Crippen LogP contribution >= 0.6 is 12.2 Å². The van der Waals surface area contributed by atoms with Crippen LogP contribution in [-0.4, -0.2) is 30.3 Å². The Morgan fingerprint density at radius 1 is 1.13 bits per heavy atom. The van der Waals surface area contributed by atoms with Gasteiger partial charge in [0.1, 0.15) is 17.6 Å². The number of fused-ring (bicyclic) bond motifs is 1. The molecule has 0 amide bonds. The number of nitriles is 1. The second-order valence-corrected chi connectivity index (χ2v) is 7.44. The first-order valence-electron chi connectivity index (χ1n) is 9.75. The second-order valence-electron chi connectivity index (χ2n) is 7.03. The van der Waals surface area contributed by atoms with Crippen LogP contribution in [-0.2, 0) is 0 Å². The molecule has 1 heterocycles. The van der Waals surface area contributed by atoms with Crippen molar-refractivity contribution in [3.05, 3.63) is 59.2 Å². The third-order valence-corrected chi connectivity index (χ3v) is 4.93. The first-order chi connectivity index (χ1) is 14.5. The number of nitrogens with zero attached hydrogens (tertiary/aromatic N) is 2. The van der Waals surface area contributed by atoms with Crippen LogP contribution in [0.25, 0.3) is 10.9 Å². The van der Waals surface area contributed by atoms with Crippen LogP contribution in [0.4, 0.5) is 11.5 Å². The molecule has 0 saturated carbocycles. The minimum atomic E-state index is 0.555. The summed E-state index contributed by atoms with van der Waals surface area (Å²) >= 11 is 5.33. The van der Waals surface area contributed by atoms with Gasteiger partial charge in [0.25, 0.3) is 0 Å². The van der Waals surface area contributed by atoms with Crippen LogP contribution in [0.5, 0.6) is 5.75 Å². The zero-order valence-electron chi connectivity index (χ0n) is 17.4. The summed E-state index contributed by atoms with van der Waals surface area (Å²) in [5, 5.41) is 20.7. The van der Waals surface area contributed by atoms with E-state index in [1.54, 1.807) is 7.11 Å². The fourth-order valence-electron chi connectivity index (χ4n) is 3.20. The Kier molecular flexibility index (Phi) is 7.04. The van der Waals surface area contributed by atoms with Gasteiger partial charge in [-0.15, -0.1) is 0 Å². The van der Waals surface area contributed by atoms with Gasteiger partial charge < -0.3 is 20.7 Å². The van der Waals surface area contributed by atoms with E-state index in [4.69, 9.17) is 17.0 Å². The highest BCUT2D eigenvalue weighted by Gasteiger charge is 2.08. The maximum absolute atomic E-state index is 9.50. The van der Waals surface area contributed by atoms with Gasteiger partial charge in [-0.25, -0.2) is 4.98 Å². The molecular weight excluding hydrogens is 394 g/mol. The van der Waals surface area contributed by atoms with Crippen LogP contribution in [0.15, 0.2) is 42.5 Å². The molecule has 6 nitrogen and oxygen atoms in total. The van der Waals surface area contributed by atoms with E-state index >= 15 is 0 Å². The lowest BCUT2D eigenvalue weighted by Gasteiger charge is -2.12. The van der Waals surface area contributed by atoms with Crippen molar-refractivity contribution in [3.63, 3.8) is 0 Å². The topological polar surface area (TPSA) is 82.0 Å². The number of nitrogens with one attached hydrogen (secondary N) is 3. The molecule has 7 heteroatoms. The van der Waals surface area contributed by atoms with Crippen LogP contribution in [0.3, 0.4) is 0 Å². The minimum Gasteiger partial charge on any atom is -0.497 e. The fraction of sp³-hybridized carbons (Fsp3) is 0.261. The SMILES string of the molecule is COc1ccc(NC(=S)NCCCNc2nc3cc(C)cc(C)c3cc2C#N)cc1. The molecule has 3 rings (SSSR count). The van der Waals surface area contributed by atoms with Crippen molar-refractivity contribution in [2.75, 3.05) is 30.8 Å². The molecule has 3 N–H and O–H groups in total. The summed E-state index contributed by atoms with van der Waals surface area (Å²) in [4.78, 5) is 4.67. The average Bonchev–Trinajstić information content (AvgIpc) is 2.73. The molecule has 0 radical (unpaired) electrons. The van der Waals surface area contributed by atoms with E-state index in [1.165, 1.54) is 0 Å². The lowest BCUT2D eigenvalue weighted by molar-refractivity contribution is 0.415. The molecule has 0 saturated heterocycles. The van der Waals surface area contributed by atoms with Crippen LogP contribution in [0.1, 0.15) is 23.1 Å². The smallest absolute Gasteiger partial charge is 0.170 e. The Balaban J connectivity index is 1.50. The molecule has 2 aromatic carbocycles. The Morgan fingerprint density at radius 2 is 1.90 bits per heavy atom. The minimum absolute atomic E-state index is 0.555. The molecule has 0 fully saturated rings. The Bertz CT molecular complexity index is 1090. The maximum atomic E-state index is 9.50. The maximum Gasteiger partial charge on any atom is 0.170 e. The lowest BCUT2D eigenvalue weighted by Crippen LogP contribution is -2.30. The van der Waals surface area contributed by atoms with Gasteiger partial charge in [0, 0.05) is 24.2 Å². The molecule has 3 aromatic rings. The van der Waals surface area contributed by atoms with Crippen molar-refractivity contribution in [1.29, 1.82) is 5.26 Å². The molecule has 0 atom stereocenters. The molecule has 0 unspecified atom stereocenters. The highest BCUT2D eigenvalue weighted by Crippen LogP contribution is 2.24. The molecule has 0 spiro atoms. The molecule has 1 aromatic heterocycles. The highest BCUT2D eigenvalue weighted by atomic mass is 32.1. The first kappa shape index (κ1) is 21.3. The third kappa shape index (κ3) is 5.37. The van der Waals surface area contributed by atoms with E-state index < -0.39 is 0 Å². The number of methoxy groups -OCH3 is 1. The molecule has 0 bridgehead atoms. The predicted molar refractivity (Wildman–Crippen MR) is 126 cm³/mol. The van der Waals surface area contributed by atoms with E-state index in [9.17, 15) is 5.26 Å². The number of hydrogen-bond acceptors (Lipinski definition) is 5. The number of aryl methyl sites for hydroxylation is 2. The summed E-state index contributed by atoms with van der Waals surface area (Å²) in [6, 6.07) is 15.9. The zero-order chi connectivity index (χ0) is 21.5. The number of aromatic nitrogens is 1. The molecule has 154 valence electrons. The van der Waals surface area contributed by atoms with Gasteiger partial charge in [-0.3, -0.25) is 0 Å². The van der Waals surface area contributed by atoms with E-state index in [2.05, 4.69) is 33.1 Å². The van der Waals surface area contributed by atoms with Crippen molar-refractivity contribution in [2.45, 2.75) is 20.3 Å². The van der Waals surface area contributed by atoms with E-state index in [1.807, 2.05) is 50.2 Å². The summed E-state index contributed by atoms with van der Waals surface area (Å²) in [5.74, 6) is 1.42. The van der Waals surface area contributed by atoms with E-state index in [0.717, 1.165) is 39.9 Å². The number of hydrogen-bond donors (Lipinski definition) is 3. The van der Waals surface area contributed by atoms with Crippen LogP contribution in [0.2, 0.25) is 0 Å². The molecule has 30 heavy (non-hydrogen) atoms. The monoisotopic (exact) mass is 419 g/mol. The largest absolute Gasteiger partial charge is 0.497 e. The van der Waals surface area contributed by atoms with Gasteiger partial charge in [0.05, 0.1) is 18.2 Å². The lowest BCUT2D eigenvalue weighted by atomic mass is 10.0. The highest BCUT2D eigenvalue weighted by molar-refractivity contribution is 7.80. The Labute approximate surface area is 182 Å². The summed E-state index contributed by atoms with van der Waals surface area (Å²) in [6.07, 6.45) is 0.821. The second kappa shape index (κ2) is 9.90. The zero-order valence-corrected chi connectivity index (χ0v) is 18.2. The first-order valence-corrected chi connectivity index (χ1v) is 10.2. The van der Waals surface area contributed by atoms with Crippen molar-refractivity contribution in [3.8, 4) is 11.8 Å². The van der Waals surface area contributed by atoms with Crippen molar-refractivity contribution >= 4 is 39.7 Å². The quantitative estimate of drug-likeness (QED) is 0.384. The Morgan fingerprint density at radius 3 is 2.60 bits per heavy atom. The fourth-order valence-corrected chi connectivity index (χ4v) is 3.42. The van der Waals surface area contributed by atoms with Gasteiger partial charge >= 0.3 is 0 Å². The molecule has 0 aliphatic heterocycles. The van der Waals surface area contributed by atoms with Gasteiger partial charge in [-0.05, 0) is 80.0 Å². The van der Waals surface area contributed by atoms with Gasteiger partial charge in [0.2, 0.25) is 0 Å². The number of anilines is 2. The number of rotatable bonds is 7. The van der Waals surface area contributed by atoms with Gasteiger partial charge in [0.15, 0.2) is 5.11 Å². The normalized spacial score (nSPS) is 10.3. The van der Waals surface area contributed by atoms with E-state index in [0.29, 0.717) is 29.6 Å². The summed E-state index contributed by atoms with van der Waals surface area (Å²) in [7, 11) is 1.64.